The summed E-state index contributed by atoms with van der Waals surface area (Å²) < 4.78 is 7.11. The fourth-order valence-corrected chi connectivity index (χ4v) is 3.67. The summed E-state index contributed by atoms with van der Waals surface area (Å²) in [5, 5.41) is 3.38. The first-order valence-corrected chi connectivity index (χ1v) is 11.5. The molecule has 0 spiro atoms. The van der Waals surface area contributed by atoms with Crippen LogP contribution >= 0.6 is 19.4 Å². The minimum absolute atomic E-state index is 0.731. The van der Waals surface area contributed by atoms with Gasteiger partial charge in [-0.15, -0.1) is 0 Å². The SMILES string of the molecule is COc1ccc(NCc2ccccc2[CH]=[Ru]([Cl])[Cl])cc1. The van der Waals surface area contributed by atoms with Gasteiger partial charge in [0.05, 0.1) is 0 Å². The zero-order valence-electron chi connectivity index (χ0n) is 10.9. The van der Waals surface area contributed by atoms with Crippen molar-refractivity contribution in [2.24, 2.45) is 0 Å². The molecule has 5 heteroatoms. The Labute approximate surface area is 132 Å². The second-order valence-corrected chi connectivity index (χ2v) is 9.81. The number of methoxy groups -OCH3 is 1. The van der Waals surface area contributed by atoms with Crippen molar-refractivity contribution in [3.63, 3.8) is 0 Å². The van der Waals surface area contributed by atoms with Gasteiger partial charge in [0.2, 0.25) is 0 Å². The van der Waals surface area contributed by atoms with E-state index in [4.69, 9.17) is 24.1 Å². The predicted octanol–water partition coefficient (Wildman–Crippen LogP) is 4.38. The summed E-state index contributed by atoms with van der Waals surface area (Å²) in [5.41, 5.74) is 3.34. The molecule has 0 aliphatic rings. The van der Waals surface area contributed by atoms with Crippen molar-refractivity contribution in [2.75, 3.05) is 12.4 Å². The Kier molecular flexibility index (Phi) is 6.03. The fourth-order valence-electron chi connectivity index (χ4n) is 1.78. The molecule has 0 aliphatic carbocycles. The fraction of sp³-hybridized carbons (Fsp3) is 0.133. The van der Waals surface area contributed by atoms with Crippen LogP contribution in [-0.2, 0) is 20.1 Å². The Hall–Kier alpha value is -0.887. The quantitative estimate of drug-likeness (QED) is 0.756. The van der Waals surface area contributed by atoms with Crippen molar-refractivity contribution >= 4 is 29.7 Å². The van der Waals surface area contributed by atoms with Crippen molar-refractivity contribution in [1.29, 1.82) is 0 Å². The standard InChI is InChI=1S/C15H15NO.2ClH.Ru/c1-12-5-3-4-6-13(12)11-16-14-7-9-15(17-2)10-8-14;;;/h1,3-10,16H,11H2,2H3;2*1H;/q;;;+2/p-2. The zero-order valence-corrected chi connectivity index (χ0v) is 14.2. The molecule has 0 aromatic heterocycles. The summed E-state index contributed by atoms with van der Waals surface area (Å²) in [5.74, 6) is 0.850. The maximum absolute atomic E-state index is 5.95. The van der Waals surface area contributed by atoms with Gasteiger partial charge in [-0.2, -0.15) is 0 Å². The van der Waals surface area contributed by atoms with Gasteiger partial charge in [0.15, 0.2) is 0 Å². The molecule has 0 unspecified atom stereocenters. The van der Waals surface area contributed by atoms with Gasteiger partial charge in [-0.3, -0.25) is 0 Å². The number of hydrogen-bond donors (Lipinski definition) is 1. The van der Waals surface area contributed by atoms with Crippen molar-refractivity contribution in [3.8, 4) is 5.75 Å². The van der Waals surface area contributed by atoms with E-state index in [0.717, 1.165) is 23.5 Å². The molecule has 2 aromatic rings. The normalized spacial score (nSPS) is 10.8. The van der Waals surface area contributed by atoms with Gasteiger partial charge in [-0.1, -0.05) is 0 Å². The minimum atomic E-state index is -1.80. The van der Waals surface area contributed by atoms with E-state index in [1.54, 1.807) is 7.11 Å². The summed E-state index contributed by atoms with van der Waals surface area (Å²) in [4.78, 5) is 0. The molecule has 0 heterocycles. The first-order chi connectivity index (χ1) is 9.69. The van der Waals surface area contributed by atoms with E-state index in [-0.39, 0.29) is 0 Å². The summed E-state index contributed by atoms with van der Waals surface area (Å²) in [6.07, 6.45) is 0. The molecular formula is C15H15Cl2NORu. The average Bonchev–Trinajstić information content (AvgIpc) is 2.46. The van der Waals surface area contributed by atoms with E-state index >= 15 is 0 Å². The van der Waals surface area contributed by atoms with Crippen molar-refractivity contribution in [2.45, 2.75) is 6.54 Å². The summed E-state index contributed by atoms with van der Waals surface area (Å²) in [6.45, 7) is 0.731. The average molecular weight is 397 g/mol. The van der Waals surface area contributed by atoms with Gasteiger partial charge in [-0.05, 0) is 0 Å². The van der Waals surface area contributed by atoms with Gasteiger partial charge in [-0.25, -0.2) is 0 Å². The van der Waals surface area contributed by atoms with E-state index in [1.165, 1.54) is 5.56 Å². The predicted molar refractivity (Wildman–Crippen MR) is 83.6 cm³/mol. The molecule has 0 saturated heterocycles. The molecule has 0 saturated carbocycles. The van der Waals surface area contributed by atoms with Crippen LogP contribution in [0.4, 0.5) is 5.69 Å². The molecular weight excluding hydrogens is 382 g/mol. The van der Waals surface area contributed by atoms with Crippen molar-refractivity contribution in [1.82, 2.24) is 0 Å². The first kappa shape index (κ1) is 15.5. The Bertz CT molecular complexity index is 595. The van der Waals surface area contributed by atoms with Crippen LogP contribution in [0, 0.1) is 0 Å². The van der Waals surface area contributed by atoms with E-state index in [2.05, 4.69) is 11.4 Å². The topological polar surface area (TPSA) is 21.3 Å². The van der Waals surface area contributed by atoms with Crippen molar-refractivity contribution < 1.29 is 18.3 Å². The third-order valence-electron chi connectivity index (χ3n) is 2.82. The molecule has 108 valence electrons. The van der Waals surface area contributed by atoms with E-state index < -0.39 is 13.5 Å². The van der Waals surface area contributed by atoms with Gasteiger partial charge < -0.3 is 0 Å². The number of rotatable bonds is 5. The van der Waals surface area contributed by atoms with Gasteiger partial charge in [0.25, 0.3) is 0 Å². The summed E-state index contributed by atoms with van der Waals surface area (Å²) >= 11 is -1.80. The number of anilines is 1. The summed E-state index contributed by atoms with van der Waals surface area (Å²) in [6, 6.07) is 16.0. The zero-order chi connectivity index (χ0) is 14.4. The second kappa shape index (κ2) is 7.78. The molecule has 20 heavy (non-hydrogen) atoms. The first-order valence-electron chi connectivity index (χ1n) is 5.98. The monoisotopic (exact) mass is 397 g/mol. The van der Waals surface area contributed by atoms with E-state index in [1.807, 2.05) is 47.1 Å². The molecule has 0 fully saturated rings. The van der Waals surface area contributed by atoms with Crippen LogP contribution in [0.25, 0.3) is 0 Å². The van der Waals surface area contributed by atoms with Crippen LogP contribution in [0.2, 0.25) is 0 Å². The van der Waals surface area contributed by atoms with Gasteiger partial charge in [0.1, 0.15) is 0 Å². The molecule has 2 nitrogen and oxygen atoms in total. The maximum atomic E-state index is 5.95. The van der Waals surface area contributed by atoms with Crippen LogP contribution in [0.15, 0.2) is 48.5 Å². The summed E-state index contributed by atoms with van der Waals surface area (Å²) in [7, 11) is 13.6. The molecule has 0 amide bonds. The van der Waals surface area contributed by atoms with Crippen LogP contribution in [0.1, 0.15) is 11.1 Å². The number of ether oxygens (including phenoxy) is 1. The Morgan fingerprint density at radius 1 is 1.10 bits per heavy atom. The number of nitrogens with one attached hydrogen (secondary N) is 1. The van der Waals surface area contributed by atoms with Gasteiger partial charge in [0, 0.05) is 0 Å². The number of benzene rings is 2. The Balaban J connectivity index is 2.08. The number of halogens is 2. The van der Waals surface area contributed by atoms with Crippen LogP contribution in [-0.4, -0.2) is 11.7 Å². The third kappa shape index (κ3) is 4.59. The van der Waals surface area contributed by atoms with Crippen LogP contribution < -0.4 is 10.1 Å². The second-order valence-electron chi connectivity index (χ2n) is 4.09. The van der Waals surface area contributed by atoms with E-state index in [0.29, 0.717) is 0 Å². The Morgan fingerprint density at radius 3 is 2.45 bits per heavy atom. The molecule has 0 radical (unpaired) electrons. The molecule has 2 rings (SSSR count). The number of hydrogen-bond acceptors (Lipinski definition) is 2. The molecule has 0 bridgehead atoms. The van der Waals surface area contributed by atoms with Crippen LogP contribution in [0.3, 0.4) is 0 Å². The Morgan fingerprint density at radius 2 is 1.80 bits per heavy atom. The molecule has 0 aliphatic heterocycles. The molecule has 0 atom stereocenters. The third-order valence-corrected chi connectivity index (χ3v) is 4.65. The van der Waals surface area contributed by atoms with E-state index in [9.17, 15) is 0 Å². The molecule has 2 aromatic carbocycles. The van der Waals surface area contributed by atoms with Crippen LogP contribution in [0.5, 0.6) is 5.75 Å². The van der Waals surface area contributed by atoms with Crippen molar-refractivity contribution in [3.05, 3.63) is 59.7 Å². The molecule has 1 N–H and O–H groups in total. The van der Waals surface area contributed by atoms with Gasteiger partial charge >= 0.3 is 132 Å².